The first-order valence-corrected chi connectivity index (χ1v) is 7.97. The molecule has 0 aliphatic carbocycles. The number of nitrogens with one attached hydrogen (secondary N) is 1. The number of phenolic OH excluding ortho intramolecular Hbond substituents is 1. The van der Waals surface area contributed by atoms with E-state index in [0.29, 0.717) is 31.1 Å². The summed E-state index contributed by atoms with van der Waals surface area (Å²) in [7, 11) is 1.49. The number of allylic oxidation sites excluding steroid dienone is 1. The topological polar surface area (TPSA) is 84.6 Å². The Kier molecular flexibility index (Phi) is 8.19. The van der Waals surface area contributed by atoms with Crippen LogP contribution in [0.2, 0.25) is 0 Å². The largest absolute Gasteiger partial charge is 0.504 e. The van der Waals surface area contributed by atoms with E-state index in [1.165, 1.54) is 7.11 Å². The fourth-order valence-electron chi connectivity index (χ4n) is 2.08. The predicted octanol–water partition coefficient (Wildman–Crippen LogP) is 2.73. The van der Waals surface area contributed by atoms with Gasteiger partial charge in [-0.2, -0.15) is 0 Å². The molecule has 1 amide bonds. The summed E-state index contributed by atoms with van der Waals surface area (Å²) < 4.78 is 5.04. The highest BCUT2D eigenvalue weighted by Crippen LogP contribution is 2.26. The minimum absolute atomic E-state index is 0.00418. The third-order valence-electron chi connectivity index (χ3n) is 3.44. The van der Waals surface area contributed by atoms with Crippen molar-refractivity contribution < 1.29 is 14.6 Å². The average Bonchev–Trinajstić information content (AvgIpc) is 2.51. The fourth-order valence-corrected chi connectivity index (χ4v) is 2.08. The van der Waals surface area contributed by atoms with Crippen LogP contribution in [0.15, 0.2) is 30.4 Å². The summed E-state index contributed by atoms with van der Waals surface area (Å²) in [5.74, 6) is 0.979. The van der Waals surface area contributed by atoms with Gasteiger partial charge in [-0.1, -0.05) is 32.1 Å². The van der Waals surface area contributed by atoms with E-state index in [2.05, 4.69) is 31.3 Å². The van der Waals surface area contributed by atoms with Crippen LogP contribution in [0.25, 0.3) is 0 Å². The van der Waals surface area contributed by atoms with Crippen molar-refractivity contribution in [2.45, 2.75) is 45.7 Å². The number of carbonyl (C=O) groups is 1. The van der Waals surface area contributed by atoms with Crippen LogP contribution in [-0.2, 0) is 11.3 Å². The van der Waals surface area contributed by atoms with Gasteiger partial charge in [0.2, 0.25) is 5.91 Å². The summed E-state index contributed by atoms with van der Waals surface area (Å²) in [6.07, 6.45) is 6.06. The maximum atomic E-state index is 11.9. The van der Waals surface area contributed by atoms with Crippen molar-refractivity contribution in [3.05, 3.63) is 35.9 Å². The summed E-state index contributed by atoms with van der Waals surface area (Å²) in [5, 5.41) is 12.4. The highest BCUT2D eigenvalue weighted by molar-refractivity contribution is 5.75. The van der Waals surface area contributed by atoms with Gasteiger partial charge in [0.05, 0.1) is 7.11 Å². The van der Waals surface area contributed by atoms with Crippen LogP contribution in [0.4, 0.5) is 0 Å². The van der Waals surface area contributed by atoms with Crippen molar-refractivity contribution in [2.24, 2.45) is 11.7 Å². The summed E-state index contributed by atoms with van der Waals surface area (Å²) >= 11 is 0. The van der Waals surface area contributed by atoms with Crippen molar-refractivity contribution in [1.29, 1.82) is 0 Å². The molecule has 1 aromatic carbocycles. The molecule has 0 aliphatic rings. The Morgan fingerprint density at radius 2 is 2.17 bits per heavy atom. The summed E-state index contributed by atoms with van der Waals surface area (Å²) in [6, 6.07) is 5.01. The van der Waals surface area contributed by atoms with E-state index in [1.807, 2.05) is 0 Å². The molecule has 0 saturated heterocycles. The van der Waals surface area contributed by atoms with E-state index in [4.69, 9.17) is 10.5 Å². The second-order valence-corrected chi connectivity index (χ2v) is 5.99. The Balaban J connectivity index is 2.31. The number of nitrogens with two attached hydrogens (primary N) is 1. The van der Waals surface area contributed by atoms with Gasteiger partial charge in [0.25, 0.3) is 0 Å². The minimum atomic E-state index is -0.0275. The van der Waals surface area contributed by atoms with Crippen molar-refractivity contribution in [3.8, 4) is 11.5 Å². The van der Waals surface area contributed by atoms with Gasteiger partial charge in [-0.25, -0.2) is 0 Å². The van der Waals surface area contributed by atoms with Gasteiger partial charge >= 0.3 is 0 Å². The van der Waals surface area contributed by atoms with Crippen LogP contribution < -0.4 is 15.8 Å². The molecule has 1 aromatic rings. The lowest BCUT2D eigenvalue weighted by atomic mass is 10.1. The Morgan fingerprint density at radius 1 is 1.43 bits per heavy atom. The van der Waals surface area contributed by atoms with E-state index < -0.39 is 0 Å². The number of hydrogen-bond acceptors (Lipinski definition) is 4. The van der Waals surface area contributed by atoms with Crippen molar-refractivity contribution in [3.63, 3.8) is 0 Å². The quantitative estimate of drug-likeness (QED) is 0.611. The number of amides is 1. The number of carbonyl (C=O) groups excluding carboxylic acids is 1. The van der Waals surface area contributed by atoms with Gasteiger partial charge in [0.1, 0.15) is 0 Å². The first-order valence-electron chi connectivity index (χ1n) is 7.97. The number of rotatable bonds is 9. The molecule has 5 heteroatoms. The zero-order valence-electron chi connectivity index (χ0n) is 14.2. The van der Waals surface area contributed by atoms with Crippen LogP contribution >= 0.6 is 0 Å². The number of phenols is 1. The number of benzene rings is 1. The third-order valence-corrected chi connectivity index (χ3v) is 3.44. The van der Waals surface area contributed by atoms with E-state index in [1.54, 1.807) is 18.2 Å². The molecule has 0 spiro atoms. The minimum Gasteiger partial charge on any atom is -0.504 e. The van der Waals surface area contributed by atoms with Crippen molar-refractivity contribution >= 4 is 5.91 Å². The van der Waals surface area contributed by atoms with E-state index >= 15 is 0 Å². The fraction of sp³-hybridized carbons (Fsp3) is 0.500. The van der Waals surface area contributed by atoms with Gasteiger partial charge in [-0.3, -0.25) is 4.79 Å². The second kappa shape index (κ2) is 9.90. The highest BCUT2D eigenvalue weighted by atomic mass is 16.5. The van der Waals surface area contributed by atoms with Crippen LogP contribution in [0, 0.1) is 5.92 Å². The maximum absolute atomic E-state index is 11.9. The molecular formula is C18H28N2O3. The Morgan fingerprint density at radius 3 is 2.83 bits per heavy atom. The maximum Gasteiger partial charge on any atom is 0.220 e. The molecule has 23 heavy (non-hydrogen) atoms. The average molecular weight is 320 g/mol. The lowest BCUT2D eigenvalue weighted by Crippen LogP contribution is -2.26. The molecule has 1 unspecified atom stereocenters. The van der Waals surface area contributed by atoms with Crippen LogP contribution in [0.5, 0.6) is 11.5 Å². The molecular weight excluding hydrogens is 292 g/mol. The molecule has 5 nitrogen and oxygen atoms in total. The van der Waals surface area contributed by atoms with Crippen LogP contribution in [0.1, 0.15) is 38.7 Å². The molecule has 1 rings (SSSR count). The first-order chi connectivity index (χ1) is 10.9. The summed E-state index contributed by atoms with van der Waals surface area (Å²) in [5.41, 5.74) is 6.87. The molecule has 128 valence electrons. The molecule has 0 saturated carbocycles. The third kappa shape index (κ3) is 7.70. The molecule has 0 radical (unpaired) electrons. The van der Waals surface area contributed by atoms with Gasteiger partial charge in [0.15, 0.2) is 11.5 Å². The van der Waals surface area contributed by atoms with Crippen LogP contribution in [0.3, 0.4) is 0 Å². The standard InChI is InChI=1S/C18H28N2O3/c1-13(2)5-4-6-15(19)8-10-18(22)20-12-14-7-9-16(21)17(11-14)23-3/h4-5,7,9,11,13,15,21H,6,8,10,12,19H2,1-3H3,(H,20,22)/b5-4+. The van der Waals surface area contributed by atoms with Gasteiger partial charge in [-0.05, 0) is 36.5 Å². The summed E-state index contributed by atoms with van der Waals surface area (Å²) in [4.78, 5) is 11.9. The SMILES string of the molecule is COc1cc(CNC(=O)CCC(N)C/C=C/C(C)C)ccc1O. The predicted molar refractivity (Wildman–Crippen MR) is 92.3 cm³/mol. The highest BCUT2D eigenvalue weighted by Gasteiger charge is 2.07. The second-order valence-electron chi connectivity index (χ2n) is 5.99. The monoisotopic (exact) mass is 320 g/mol. The molecule has 0 aliphatic heterocycles. The first kappa shape index (κ1) is 19.0. The molecule has 0 heterocycles. The Labute approximate surface area is 138 Å². The Bertz CT molecular complexity index is 527. The molecule has 4 N–H and O–H groups in total. The summed E-state index contributed by atoms with van der Waals surface area (Å²) in [6.45, 7) is 4.64. The number of hydrogen-bond donors (Lipinski definition) is 3. The number of methoxy groups -OCH3 is 1. The zero-order chi connectivity index (χ0) is 17.2. The smallest absolute Gasteiger partial charge is 0.220 e. The lowest BCUT2D eigenvalue weighted by molar-refractivity contribution is -0.121. The number of aromatic hydroxyl groups is 1. The van der Waals surface area contributed by atoms with Crippen molar-refractivity contribution in [1.82, 2.24) is 5.32 Å². The normalized spacial score (nSPS) is 12.6. The molecule has 0 fully saturated rings. The Hall–Kier alpha value is -2.01. The lowest BCUT2D eigenvalue weighted by Gasteiger charge is -2.10. The van der Waals surface area contributed by atoms with Crippen molar-refractivity contribution in [2.75, 3.05) is 7.11 Å². The number of ether oxygens (including phenoxy) is 1. The van der Waals surface area contributed by atoms with E-state index in [0.717, 1.165) is 12.0 Å². The molecule has 1 atom stereocenters. The van der Waals surface area contributed by atoms with Gasteiger partial charge in [0, 0.05) is 19.0 Å². The zero-order valence-corrected chi connectivity index (χ0v) is 14.2. The van der Waals surface area contributed by atoms with E-state index in [-0.39, 0.29) is 17.7 Å². The van der Waals surface area contributed by atoms with Gasteiger partial charge < -0.3 is 20.9 Å². The van der Waals surface area contributed by atoms with Gasteiger partial charge in [-0.15, -0.1) is 0 Å². The van der Waals surface area contributed by atoms with E-state index in [9.17, 15) is 9.90 Å². The van der Waals surface area contributed by atoms with Crippen LogP contribution in [-0.4, -0.2) is 24.2 Å². The molecule has 0 bridgehead atoms. The molecule has 0 aromatic heterocycles.